The minimum Gasteiger partial charge on any atom is -0.454 e. The van der Waals surface area contributed by atoms with Crippen molar-refractivity contribution in [3.05, 3.63) is 46.7 Å². The SMILES string of the molecule is N#Cc1ccncc1Oc1cc(N)cc(Br)c1. The van der Waals surface area contributed by atoms with E-state index in [4.69, 9.17) is 15.7 Å². The number of aromatic nitrogens is 1. The molecule has 0 saturated carbocycles. The molecule has 2 N–H and O–H groups in total. The molecule has 5 heteroatoms. The van der Waals surface area contributed by atoms with Gasteiger partial charge in [-0.25, -0.2) is 0 Å². The highest BCUT2D eigenvalue weighted by Crippen LogP contribution is 2.28. The summed E-state index contributed by atoms with van der Waals surface area (Å²) in [6.07, 6.45) is 3.04. The van der Waals surface area contributed by atoms with E-state index in [0.29, 0.717) is 22.7 Å². The van der Waals surface area contributed by atoms with E-state index in [-0.39, 0.29) is 0 Å². The molecule has 0 atom stereocenters. The van der Waals surface area contributed by atoms with Gasteiger partial charge in [-0.2, -0.15) is 5.26 Å². The number of nitrogens with two attached hydrogens (primary N) is 1. The Hall–Kier alpha value is -2.06. The van der Waals surface area contributed by atoms with Crippen molar-refractivity contribution in [2.24, 2.45) is 0 Å². The molecular formula is C12H8BrN3O. The van der Waals surface area contributed by atoms with Crippen molar-refractivity contribution < 1.29 is 4.74 Å². The van der Waals surface area contributed by atoms with Crippen LogP contribution in [0.5, 0.6) is 11.5 Å². The number of anilines is 1. The number of nitrogens with zero attached hydrogens (tertiary/aromatic N) is 2. The molecule has 0 spiro atoms. The maximum atomic E-state index is 8.91. The zero-order chi connectivity index (χ0) is 12.3. The van der Waals surface area contributed by atoms with Gasteiger partial charge in [0, 0.05) is 22.4 Å². The fourth-order valence-electron chi connectivity index (χ4n) is 1.32. The number of ether oxygens (including phenoxy) is 1. The van der Waals surface area contributed by atoms with Crippen LogP contribution in [0.3, 0.4) is 0 Å². The third-order valence-corrected chi connectivity index (χ3v) is 2.48. The van der Waals surface area contributed by atoms with E-state index in [1.807, 2.05) is 6.07 Å². The van der Waals surface area contributed by atoms with Gasteiger partial charge in [-0.3, -0.25) is 4.98 Å². The minimum atomic E-state index is 0.410. The zero-order valence-corrected chi connectivity index (χ0v) is 10.3. The van der Waals surface area contributed by atoms with Crippen LogP contribution in [0, 0.1) is 11.3 Å². The van der Waals surface area contributed by atoms with Crippen LogP contribution in [-0.2, 0) is 0 Å². The van der Waals surface area contributed by atoms with Crippen molar-refractivity contribution in [3.63, 3.8) is 0 Å². The van der Waals surface area contributed by atoms with E-state index in [9.17, 15) is 0 Å². The number of hydrogen-bond acceptors (Lipinski definition) is 4. The normalized spacial score (nSPS) is 9.65. The lowest BCUT2D eigenvalue weighted by molar-refractivity contribution is 0.478. The number of hydrogen-bond donors (Lipinski definition) is 1. The maximum absolute atomic E-state index is 8.91. The Morgan fingerprint density at radius 2 is 2.18 bits per heavy atom. The number of nitrogen functional groups attached to an aromatic ring is 1. The van der Waals surface area contributed by atoms with E-state index < -0.39 is 0 Å². The summed E-state index contributed by atoms with van der Waals surface area (Å²) in [4.78, 5) is 3.92. The number of benzene rings is 1. The van der Waals surface area contributed by atoms with Crippen molar-refractivity contribution in [2.45, 2.75) is 0 Å². The Kier molecular flexibility index (Phi) is 3.26. The molecule has 84 valence electrons. The van der Waals surface area contributed by atoms with Gasteiger partial charge >= 0.3 is 0 Å². The van der Waals surface area contributed by atoms with Gasteiger partial charge < -0.3 is 10.5 Å². The Morgan fingerprint density at radius 3 is 2.88 bits per heavy atom. The standard InChI is InChI=1S/C12H8BrN3O/c13-9-3-10(15)5-11(4-9)17-12-7-16-2-1-8(12)6-14/h1-5,7H,15H2. The first kappa shape index (κ1) is 11.4. The summed E-state index contributed by atoms with van der Waals surface area (Å²) < 4.78 is 6.38. The summed E-state index contributed by atoms with van der Waals surface area (Å²) in [5.74, 6) is 0.967. The smallest absolute Gasteiger partial charge is 0.163 e. The molecule has 17 heavy (non-hydrogen) atoms. The Labute approximate surface area is 107 Å². The quantitative estimate of drug-likeness (QED) is 0.863. The first-order valence-electron chi connectivity index (χ1n) is 4.77. The maximum Gasteiger partial charge on any atom is 0.163 e. The van der Waals surface area contributed by atoms with Crippen molar-refractivity contribution in [1.82, 2.24) is 4.98 Å². The van der Waals surface area contributed by atoms with Gasteiger partial charge in [0.1, 0.15) is 11.8 Å². The summed E-state index contributed by atoms with van der Waals surface area (Å²) in [7, 11) is 0. The lowest BCUT2D eigenvalue weighted by Crippen LogP contribution is -1.91. The molecule has 0 aliphatic rings. The molecule has 0 bridgehead atoms. The molecular weight excluding hydrogens is 282 g/mol. The molecule has 1 aromatic carbocycles. The molecule has 4 nitrogen and oxygen atoms in total. The van der Waals surface area contributed by atoms with Crippen LogP contribution in [0.15, 0.2) is 41.1 Å². The minimum absolute atomic E-state index is 0.410. The second kappa shape index (κ2) is 4.85. The topological polar surface area (TPSA) is 71.9 Å². The molecule has 1 heterocycles. The lowest BCUT2D eigenvalue weighted by atomic mass is 10.2. The highest BCUT2D eigenvalue weighted by Gasteiger charge is 2.05. The molecule has 0 unspecified atom stereocenters. The van der Waals surface area contributed by atoms with Crippen LogP contribution in [0.1, 0.15) is 5.56 Å². The highest BCUT2D eigenvalue weighted by molar-refractivity contribution is 9.10. The molecule has 0 amide bonds. The number of nitriles is 1. The molecule has 2 rings (SSSR count). The van der Waals surface area contributed by atoms with Crippen LogP contribution in [0.2, 0.25) is 0 Å². The second-order valence-corrected chi connectivity index (χ2v) is 4.22. The van der Waals surface area contributed by atoms with E-state index in [1.54, 1.807) is 30.5 Å². The van der Waals surface area contributed by atoms with Gasteiger partial charge in [0.15, 0.2) is 5.75 Å². The zero-order valence-electron chi connectivity index (χ0n) is 8.72. The summed E-state index contributed by atoms with van der Waals surface area (Å²) in [5.41, 5.74) is 6.70. The summed E-state index contributed by atoms with van der Waals surface area (Å²) in [6, 6.07) is 8.84. The van der Waals surface area contributed by atoms with Crippen LogP contribution in [0.4, 0.5) is 5.69 Å². The van der Waals surface area contributed by atoms with Gasteiger partial charge in [-0.05, 0) is 18.2 Å². The molecule has 1 aromatic heterocycles. The molecule has 0 aliphatic heterocycles. The van der Waals surface area contributed by atoms with Crippen molar-refractivity contribution in [1.29, 1.82) is 5.26 Å². The fourth-order valence-corrected chi connectivity index (χ4v) is 1.81. The number of pyridine rings is 1. The second-order valence-electron chi connectivity index (χ2n) is 3.31. The summed E-state index contributed by atoms with van der Waals surface area (Å²) in [5, 5.41) is 8.91. The lowest BCUT2D eigenvalue weighted by Gasteiger charge is -2.07. The van der Waals surface area contributed by atoms with Gasteiger partial charge in [0.25, 0.3) is 0 Å². The van der Waals surface area contributed by atoms with Crippen LogP contribution < -0.4 is 10.5 Å². The third kappa shape index (κ3) is 2.74. The van der Waals surface area contributed by atoms with Crippen molar-refractivity contribution in [3.8, 4) is 17.6 Å². The largest absolute Gasteiger partial charge is 0.454 e. The molecule has 0 radical (unpaired) electrons. The predicted octanol–water partition coefficient (Wildman–Crippen LogP) is 3.09. The fraction of sp³-hybridized carbons (Fsp3) is 0. The summed E-state index contributed by atoms with van der Waals surface area (Å²) in [6.45, 7) is 0. The van der Waals surface area contributed by atoms with E-state index >= 15 is 0 Å². The molecule has 0 fully saturated rings. The van der Waals surface area contributed by atoms with E-state index in [0.717, 1.165) is 4.47 Å². The Balaban J connectivity index is 2.35. The van der Waals surface area contributed by atoms with Gasteiger partial charge in [-0.1, -0.05) is 15.9 Å². The van der Waals surface area contributed by atoms with Crippen molar-refractivity contribution >= 4 is 21.6 Å². The van der Waals surface area contributed by atoms with E-state index in [2.05, 4.69) is 20.9 Å². The monoisotopic (exact) mass is 289 g/mol. The Bertz CT molecular complexity index is 572. The molecule has 0 aliphatic carbocycles. The average Bonchev–Trinajstić information content (AvgIpc) is 2.28. The number of halogens is 1. The first-order chi connectivity index (χ1) is 8.19. The predicted molar refractivity (Wildman–Crippen MR) is 67.6 cm³/mol. The van der Waals surface area contributed by atoms with Gasteiger partial charge in [0.05, 0.1) is 11.8 Å². The molecule has 2 aromatic rings. The highest BCUT2D eigenvalue weighted by atomic mass is 79.9. The first-order valence-corrected chi connectivity index (χ1v) is 5.56. The van der Waals surface area contributed by atoms with Gasteiger partial charge in [-0.15, -0.1) is 0 Å². The van der Waals surface area contributed by atoms with Gasteiger partial charge in [0.2, 0.25) is 0 Å². The Morgan fingerprint density at radius 1 is 1.35 bits per heavy atom. The van der Waals surface area contributed by atoms with Crippen LogP contribution in [-0.4, -0.2) is 4.98 Å². The van der Waals surface area contributed by atoms with Crippen LogP contribution >= 0.6 is 15.9 Å². The number of rotatable bonds is 2. The average molecular weight is 290 g/mol. The van der Waals surface area contributed by atoms with Crippen molar-refractivity contribution in [2.75, 3.05) is 5.73 Å². The third-order valence-electron chi connectivity index (χ3n) is 2.03. The van der Waals surface area contributed by atoms with E-state index in [1.165, 1.54) is 6.20 Å². The summed E-state index contributed by atoms with van der Waals surface area (Å²) >= 11 is 3.32. The molecule has 0 saturated heterocycles. The van der Waals surface area contributed by atoms with Crippen LogP contribution in [0.25, 0.3) is 0 Å².